The van der Waals surface area contributed by atoms with E-state index in [1.54, 1.807) is 13.0 Å². The number of anilines is 1. The van der Waals surface area contributed by atoms with Gasteiger partial charge in [-0.3, -0.25) is 4.79 Å². The smallest absolute Gasteiger partial charge is 0.256 e. The molecule has 1 N–H and O–H groups in total. The predicted molar refractivity (Wildman–Crippen MR) is 89.4 cm³/mol. The maximum Gasteiger partial charge on any atom is 0.256 e. The molecule has 0 aliphatic carbocycles. The van der Waals surface area contributed by atoms with Crippen molar-refractivity contribution >= 4 is 55.1 Å². The summed E-state index contributed by atoms with van der Waals surface area (Å²) in [5.41, 5.74) is 1.48. The molecule has 1 amide bonds. The van der Waals surface area contributed by atoms with Gasteiger partial charge in [-0.15, -0.1) is 0 Å². The molecule has 0 fully saturated rings. The van der Waals surface area contributed by atoms with Gasteiger partial charge in [-0.05, 0) is 40.6 Å². The molecule has 1 aliphatic rings. The number of carbonyl (C=O) groups excluding carboxylic acids is 1. The highest BCUT2D eigenvalue weighted by Crippen LogP contribution is 2.43. The van der Waals surface area contributed by atoms with Gasteiger partial charge in [0.25, 0.3) is 5.91 Å². The molecule has 0 bridgehead atoms. The zero-order valence-corrected chi connectivity index (χ0v) is 14.8. The number of nitrogens with one attached hydrogen (secondary N) is 1. The predicted octanol–water partition coefficient (Wildman–Crippen LogP) is 5.43. The minimum Gasteiger partial charge on any atom is -0.320 e. The average Bonchev–Trinajstić information content (AvgIpc) is 2.78. The maximum atomic E-state index is 13.9. The van der Waals surface area contributed by atoms with Crippen molar-refractivity contribution in [3.8, 4) is 0 Å². The summed E-state index contributed by atoms with van der Waals surface area (Å²) < 4.78 is 42.1. The quantitative estimate of drug-likeness (QED) is 0.581. The minimum absolute atomic E-state index is 0.115. The first-order chi connectivity index (χ1) is 10.8. The molecule has 7 heteroatoms. The molecular formula is C16H8Br2F3NO. The highest BCUT2D eigenvalue weighted by molar-refractivity contribution is 9.11. The SMILES string of the molecule is Cc1c(Br)cc(Br)c2c1C(=Cc1c(F)cc(F)cc1F)C(=O)N2. The number of carbonyl (C=O) groups is 1. The molecule has 0 spiro atoms. The van der Waals surface area contributed by atoms with Crippen molar-refractivity contribution in [3.63, 3.8) is 0 Å². The molecule has 3 rings (SSSR count). The zero-order chi connectivity index (χ0) is 16.9. The second-order valence-corrected chi connectivity index (χ2v) is 6.72. The molecule has 0 radical (unpaired) electrons. The number of rotatable bonds is 1. The van der Waals surface area contributed by atoms with Gasteiger partial charge < -0.3 is 5.32 Å². The molecule has 2 aromatic carbocycles. The Bertz CT molecular complexity index is 870. The molecule has 2 nitrogen and oxygen atoms in total. The second-order valence-electron chi connectivity index (χ2n) is 5.01. The maximum absolute atomic E-state index is 13.9. The Morgan fingerprint density at radius 2 is 1.65 bits per heavy atom. The molecule has 23 heavy (non-hydrogen) atoms. The van der Waals surface area contributed by atoms with E-state index in [2.05, 4.69) is 37.2 Å². The zero-order valence-electron chi connectivity index (χ0n) is 11.6. The largest absolute Gasteiger partial charge is 0.320 e. The molecule has 0 unspecified atom stereocenters. The lowest BCUT2D eigenvalue weighted by atomic mass is 9.99. The van der Waals surface area contributed by atoms with Gasteiger partial charge in [0.1, 0.15) is 17.5 Å². The van der Waals surface area contributed by atoms with Crippen LogP contribution in [0.4, 0.5) is 18.9 Å². The van der Waals surface area contributed by atoms with E-state index in [-0.39, 0.29) is 5.57 Å². The summed E-state index contributed by atoms with van der Waals surface area (Å²) >= 11 is 6.72. The van der Waals surface area contributed by atoms with Gasteiger partial charge in [-0.2, -0.15) is 0 Å². The van der Waals surface area contributed by atoms with E-state index in [1.165, 1.54) is 0 Å². The van der Waals surface area contributed by atoms with E-state index in [0.29, 0.717) is 27.9 Å². The minimum atomic E-state index is -1.07. The summed E-state index contributed by atoms with van der Waals surface area (Å²) in [7, 11) is 0. The summed E-state index contributed by atoms with van der Waals surface area (Å²) in [5, 5.41) is 2.66. The molecular weight excluding hydrogens is 439 g/mol. The summed E-state index contributed by atoms with van der Waals surface area (Å²) in [5.74, 6) is -3.63. The van der Waals surface area contributed by atoms with Crippen LogP contribution in [0.5, 0.6) is 0 Å². The first-order valence-electron chi connectivity index (χ1n) is 6.46. The van der Waals surface area contributed by atoms with E-state index in [4.69, 9.17) is 0 Å². The fourth-order valence-electron chi connectivity index (χ4n) is 2.44. The number of hydrogen-bond donors (Lipinski definition) is 1. The van der Waals surface area contributed by atoms with Gasteiger partial charge >= 0.3 is 0 Å². The Labute approximate surface area is 146 Å². The standard InChI is InChI=1S/C16H8Br2F3NO/c1-6-10(17)5-11(18)15-14(6)9(16(23)22-15)4-8-12(20)2-7(19)3-13(8)21/h2-5H,1H3,(H,22,23). The molecule has 0 saturated carbocycles. The number of fused-ring (bicyclic) bond motifs is 1. The highest BCUT2D eigenvalue weighted by Gasteiger charge is 2.29. The van der Waals surface area contributed by atoms with Crippen molar-refractivity contribution in [2.75, 3.05) is 5.32 Å². The topological polar surface area (TPSA) is 29.1 Å². The van der Waals surface area contributed by atoms with Gasteiger partial charge in [-0.1, -0.05) is 15.9 Å². The van der Waals surface area contributed by atoms with Crippen LogP contribution in [-0.2, 0) is 4.79 Å². The second kappa shape index (κ2) is 5.79. The van der Waals surface area contributed by atoms with Gasteiger partial charge in [0.2, 0.25) is 0 Å². The van der Waals surface area contributed by atoms with E-state index in [9.17, 15) is 18.0 Å². The van der Waals surface area contributed by atoms with Crippen LogP contribution in [0.1, 0.15) is 16.7 Å². The van der Waals surface area contributed by atoms with Crippen molar-refractivity contribution in [3.05, 3.63) is 61.3 Å². The van der Waals surface area contributed by atoms with E-state index in [1.807, 2.05) is 0 Å². The lowest BCUT2D eigenvalue weighted by molar-refractivity contribution is -0.110. The van der Waals surface area contributed by atoms with Crippen LogP contribution in [0.3, 0.4) is 0 Å². The first kappa shape index (κ1) is 16.3. The molecule has 2 aromatic rings. The lowest BCUT2D eigenvalue weighted by Gasteiger charge is -2.08. The van der Waals surface area contributed by atoms with Gasteiger partial charge in [0, 0.05) is 32.2 Å². The van der Waals surface area contributed by atoms with Gasteiger partial charge in [0.15, 0.2) is 0 Å². The van der Waals surface area contributed by atoms with E-state index < -0.39 is 28.9 Å². The van der Waals surface area contributed by atoms with Gasteiger partial charge in [0.05, 0.1) is 11.3 Å². The van der Waals surface area contributed by atoms with Crippen LogP contribution in [0.15, 0.2) is 27.1 Å². The fourth-order valence-corrected chi connectivity index (χ4v) is 3.71. The monoisotopic (exact) mass is 445 g/mol. The van der Waals surface area contributed by atoms with Crippen molar-refractivity contribution in [1.29, 1.82) is 0 Å². The van der Waals surface area contributed by atoms with E-state index >= 15 is 0 Å². The molecule has 1 heterocycles. The Morgan fingerprint density at radius 3 is 2.26 bits per heavy atom. The summed E-state index contributed by atoms with van der Waals surface area (Å²) in [6.07, 6.45) is 1.09. The van der Waals surface area contributed by atoms with Crippen molar-refractivity contribution in [2.24, 2.45) is 0 Å². The molecule has 1 aliphatic heterocycles. The normalized spacial score (nSPS) is 15.0. The lowest BCUT2D eigenvalue weighted by Crippen LogP contribution is -2.04. The summed E-state index contributed by atoms with van der Waals surface area (Å²) in [6.45, 7) is 1.78. The van der Waals surface area contributed by atoms with Crippen LogP contribution < -0.4 is 5.32 Å². The van der Waals surface area contributed by atoms with Crippen molar-refractivity contribution < 1.29 is 18.0 Å². The number of benzene rings is 2. The van der Waals surface area contributed by atoms with Crippen LogP contribution in [0.25, 0.3) is 11.6 Å². The Kier molecular flexibility index (Phi) is 4.10. The third-order valence-corrected chi connectivity index (χ3v) is 5.01. The van der Waals surface area contributed by atoms with E-state index in [0.717, 1.165) is 16.1 Å². The Hall–Kier alpha value is -1.60. The van der Waals surface area contributed by atoms with Crippen LogP contribution >= 0.6 is 31.9 Å². The third-order valence-electron chi connectivity index (χ3n) is 3.56. The Morgan fingerprint density at radius 1 is 1.04 bits per heavy atom. The van der Waals surface area contributed by atoms with Gasteiger partial charge in [-0.25, -0.2) is 13.2 Å². The highest BCUT2D eigenvalue weighted by atomic mass is 79.9. The number of amides is 1. The fraction of sp³-hybridized carbons (Fsp3) is 0.0625. The number of hydrogen-bond acceptors (Lipinski definition) is 1. The molecule has 0 saturated heterocycles. The summed E-state index contributed by atoms with van der Waals surface area (Å²) in [4.78, 5) is 12.2. The van der Waals surface area contributed by atoms with Crippen LogP contribution in [-0.4, -0.2) is 5.91 Å². The van der Waals surface area contributed by atoms with Crippen molar-refractivity contribution in [1.82, 2.24) is 0 Å². The molecule has 0 aromatic heterocycles. The Balaban J connectivity index is 2.27. The van der Waals surface area contributed by atoms with Crippen molar-refractivity contribution in [2.45, 2.75) is 6.92 Å². The third kappa shape index (κ3) is 2.72. The van der Waals surface area contributed by atoms with Crippen LogP contribution in [0, 0.1) is 24.4 Å². The number of halogens is 5. The van der Waals surface area contributed by atoms with Crippen LogP contribution in [0.2, 0.25) is 0 Å². The average molecular weight is 447 g/mol. The molecule has 0 atom stereocenters. The molecule has 118 valence electrons. The first-order valence-corrected chi connectivity index (χ1v) is 8.04. The summed E-state index contributed by atoms with van der Waals surface area (Å²) in [6, 6.07) is 2.93.